The molecular weight excluding hydrogens is 236 g/mol. The molecule has 1 aliphatic rings. The molecule has 98 valence electrons. The summed E-state index contributed by atoms with van der Waals surface area (Å²) in [5.74, 6) is 0.275. The Morgan fingerprint density at radius 1 is 1.16 bits per heavy atom. The number of anilines is 3. The molecule has 3 nitrogen and oxygen atoms in total. The van der Waals surface area contributed by atoms with E-state index in [0.29, 0.717) is 0 Å². The van der Waals surface area contributed by atoms with Crippen LogP contribution in [0.1, 0.15) is 12.0 Å². The highest BCUT2D eigenvalue weighted by atomic mass is 16.3. The fourth-order valence-electron chi connectivity index (χ4n) is 2.60. The van der Waals surface area contributed by atoms with Crippen LogP contribution in [-0.2, 0) is 6.42 Å². The molecule has 0 fully saturated rings. The van der Waals surface area contributed by atoms with Gasteiger partial charge in [-0.05, 0) is 48.7 Å². The summed E-state index contributed by atoms with van der Waals surface area (Å²) in [6.45, 7) is 1.12. The number of para-hydroxylation sites is 2. The zero-order valence-corrected chi connectivity index (χ0v) is 11.1. The fraction of sp³-hybridized carbons (Fsp3) is 0.250. The second-order valence-electron chi connectivity index (χ2n) is 5.01. The van der Waals surface area contributed by atoms with Gasteiger partial charge in [0.15, 0.2) is 0 Å². The number of aromatic hydroxyl groups is 1. The molecule has 0 atom stereocenters. The van der Waals surface area contributed by atoms with Gasteiger partial charge in [-0.25, -0.2) is 0 Å². The van der Waals surface area contributed by atoms with E-state index in [9.17, 15) is 5.11 Å². The van der Waals surface area contributed by atoms with Gasteiger partial charge in [-0.3, -0.25) is 0 Å². The quantitative estimate of drug-likeness (QED) is 0.805. The van der Waals surface area contributed by atoms with Crippen molar-refractivity contribution in [1.82, 2.24) is 0 Å². The SMILES string of the molecule is CN1CCCc2cc(Nc3ccccc3O)ccc21. The van der Waals surface area contributed by atoms with E-state index in [-0.39, 0.29) is 5.75 Å². The molecule has 3 rings (SSSR count). The second kappa shape index (κ2) is 4.84. The van der Waals surface area contributed by atoms with Crippen molar-refractivity contribution in [2.75, 3.05) is 23.8 Å². The Kier molecular flexibility index (Phi) is 3.03. The van der Waals surface area contributed by atoms with E-state index in [4.69, 9.17) is 0 Å². The summed E-state index contributed by atoms with van der Waals surface area (Å²) in [6.07, 6.45) is 2.32. The number of rotatable bonds is 2. The lowest BCUT2D eigenvalue weighted by Crippen LogP contribution is -2.24. The van der Waals surface area contributed by atoms with Crippen molar-refractivity contribution >= 4 is 17.1 Å². The van der Waals surface area contributed by atoms with Gasteiger partial charge < -0.3 is 15.3 Å². The number of benzene rings is 2. The van der Waals surface area contributed by atoms with Crippen molar-refractivity contribution in [3.8, 4) is 5.75 Å². The van der Waals surface area contributed by atoms with E-state index in [0.717, 1.165) is 24.3 Å². The van der Waals surface area contributed by atoms with Crippen LogP contribution >= 0.6 is 0 Å². The normalized spacial score (nSPS) is 14.1. The Balaban J connectivity index is 1.89. The molecule has 2 aromatic rings. The van der Waals surface area contributed by atoms with Gasteiger partial charge in [0.25, 0.3) is 0 Å². The standard InChI is InChI=1S/C16H18N2O/c1-18-10-4-5-12-11-13(8-9-15(12)18)17-14-6-2-3-7-16(14)19/h2-3,6-9,11,17,19H,4-5,10H2,1H3. The minimum Gasteiger partial charge on any atom is -0.506 e. The number of fused-ring (bicyclic) bond motifs is 1. The summed E-state index contributed by atoms with van der Waals surface area (Å²) >= 11 is 0. The number of hydrogen-bond donors (Lipinski definition) is 2. The summed E-state index contributed by atoms with van der Waals surface area (Å²) in [5, 5.41) is 13.1. The summed E-state index contributed by atoms with van der Waals surface area (Å²) in [5.41, 5.74) is 4.45. The highest BCUT2D eigenvalue weighted by Crippen LogP contribution is 2.31. The van der Waals surface area contributed by atoms with E-state index in [1.54, 1.807) is 6.07 Å². The van der Waals surface area contributed by atoms with Crippen molar-refractivity contribution in [1.29, 1.82) is 0 Å². The average molecular weight is 254 g/mol. The molecule has 0 saturated heterocycles. The predicted molar refractivity (Wildman–Crippen MR) is 79.4 cm³/mol. The van der Waals surface area contributed by atoms with Crippen LogP contribution in [0, 0.1) is 0 Å². The van der Waals surface area contributed by atoms with Crippen LogP contribution in [-0.4, -0.2) is 18.7 Å². The van der Waals surface area contributed by atoms with Gasteiger partial charge in [0.05, 0.1) is 5.69 Å². The van der Waals surface area contributed by atoms with Crippen molar-refractivity contribution < 1.29 is 5.11 Å². The smallest absolute Gasteiger partial charge is 0.139 e. The summed E-state index contributed by atoms with van der Waals surface area (Å²) < 4.78 is 0. The lowest BCUT2D eigenvalue weighted by molar-refractivity contribution is 0.478. The van der Waals surface area contributed by atoms with E-state index in [1.165, 1.54) is 17.7 Å². The average Bonchev–Trinajstić information content (AvgIpc) is 2.42. The lowest BCUT2D eigenvalue weighted by Gasteiger charge is -2.28. The first-order valence-electron chi connectivity index (χ1n) is 6.63. The van der Waals surface area contributed by atoms with Crippen molar-refractivity contribution in [2.45, 2.75) is 12.8 Å². The van der Waals surface area contributed by atoms with Crippen molar-refractivity contribution in [3.05, 3.63) is 48.0 Å². The Labute approximate surface area is 113 Å². The first-order valence-corrected chi connectivity index (χ1v) is 6.63. The zero-order chi connectivity index (χ0) is 13.2. The van der Waals surface area contributed by atoms with E-state index in [2.05, 4.69) is 35.5 Å². The topological polar surface area (TPSA) is 35.5 Å². The molecule has 19 heavy (non-hydrogen) atoms. The largest absolute Gasteiger partial charge is 0.506 e. The van der Waals surface area contributed by atoms with Gasteiger partial charge in [-0.15, -0.1) is 0 Å². The molecule has 0 aliphatic carbocycles. The molecule has 1 aliphatic heterocycles. The highest BCUT2D eigenvalue weighted by molar-refractivity contribution is 5.69. The van der Waals surface area contributed by atoms with Crippen LogP contribution in [0.4, 0.5) is 17.1 Å². The molecule has 0 spiro atoms. The number of nitrogens with zero attached hydrogens (tertiary/aromatic N) is 1. The van der Waals surface area contributed by atoms with Gasteiger partial charge in [0, 0.05) is 25.0 Å². The first kappa shape index (κ1) is 11.9. The van der Waals surface area contributed by atoms with Gasteiger partial charge in [0.2, 0.25) is 0 Å². The van der Waals surface area contributed by atoms with Crippen LogP contribution in [0.15, 0.2) is 42.5 Å². The van der Waals surface area contributed by atoms with Gasteiger partial charge >= 0.3 is 0 Å². The molecule has 0 amide bonds. The van der Waals surface area contributed by atoms with E-state index in [1.807, 2.05) is 18.2 Å². The Morgan fingerprint density at radius 3 is 2.84 bits per heavy atom. The maximum Gasteiger partial charge on any atom is 0.139 e. The molecule has 0 aromatic heterocycles. The first-order chi connectivity index (χ1) is 9.24. The maximum atomic E-state index is 9.78. The van der Waals surface area contributed by atoms with Crippen molar-refractivity contribution in [3.63, 3.8) is 0 Å². The maximum absolute atomic E-state index is 9.78. The molecule has 2 N–H and O–H groups in total. The summed E-state index contributed by atoms with van der Waals surface area (Å²) in [4.78, 5) is 2.29. The molecule has 1 heterocycles. The van der Waals surface area contributed by atoms with Crippen LogP contribution in [0.2, 0.25) is 0 Å². The number of nitrogens with one attached hydrogen (secondary N) is 1. The molecule has 3 heteroatoms. The van der Waals surface area contributed by atoms with Gasteiger partial charge in [-0.2, -0.15) is 0 Å². The molecule has 0 saturated carbocycles. The third-order valence-electron chi connectivity index (χ3n) is 3.61. The van der Waals surface area contributed by atoms with Crippen LogP contribution in [0.3, 0.4) is 0 Å². The number of phenols is 1. The minimum atomic E-state index is 0.275. The van der Waals surface area contributed by atoms with Crippen LogP contribution in [0.5, 0.6) is 5.75 Å². The van der Waals surface area contributed by atoms with E-state index < -0.39 is 0 Å². The third-order valence-corrected chi connectivity index (χ3v) is 3.61. The van der Waals surface area contributed by atoms with Crippen molar-refractivity contribution in [2.24, 2.45) is 0 Å². The molecule has 2 aromatic carbocycles. The predicted octanol–water partition coefficient (Wildman–Crippen LogP) is 3.52. The van der Waals surface area contributed by atoms with Crippen LogP contribution in [0.25, 0.3) is 0 Å². The number of hydrogen-bond acceptors (Lipinski definition) is 3. The molecular formula is C16H18N2O. The van der Waals surface area contributed by atoms with E-state index >= 15 is 0 Å². The third kappa shape index (κ3) is 2.36. The second-order valence-corrected chi connectivity index (χ2v) is 5.01. The van der Waals surface area contributed by atoms with Crippen LogP contribution < -0.4 is 10.2 Å². The highest BCUT2D eigenvalue weighted by Gasteiger charge is 2.13. The Bertz CT molecular complexity index is 595. The number of aryl methyl sites for hydroxylation is 1. The molecule has 0 radical (unpaired) electrons. The van der Waals surface area contributed by atoms with Gasteiger partial charge in [0.1, 0.15) is 5.75 Å². The zero-order valence-electron chi connectivity index (χ0n) is 11.1. The Hall–Kier alpha value is -2.16. The molecule has 0 unspecified atom stereocenters. The lowest BCUT2D eigenvalue weighted by atomic mass is 10.0. The Morgan fingerprint density at radius 2 is 2.00 bits per heavy atom. The fourth-order valence-corrected chi connectivity index (χ4v) is 2.60. The number of phenolic OH excluding ortho intramolecular Hbond substituents is 1. The van der Waals surface area contributed by atoms with Gasteiger partial charge in [-0.1, -0.05) is 12.1 Å². The minimum absolute atomic E-state index is 0.275. The summed E-state index contributed by atoms with van der Waals surface area (Å²) in [7, 11) is 2.13. The summed E-state index contributed by atoms with van der Waals surface area (Å²) in [6, 6.07) is 13.7. The monoisotopic (exact) mass is 254 g/mol. The molecule has 0 bridgehead atoms.